The Kier molecular flexibility index (Phi) is 6.70. The third-order valence-corrected chi connectivity index (χ3v) is 6.43. The number of hydrogen-bond acceptors (Lipinski definition) is 3. The highest BCUT2D eigenvalue weighted by Crippen LogP contribution is 2.33. The standard InChI is InChI=1S/C28H32FN3O3/c1-19-22(26(33)30-13-15-31(16-14-30)27(34)28(2,3)4)18-25(20-9-8-10-21(17-20)35-5)32(19)24-12-7-6-11-23(24)29/h6-12,17-18H,13-16H2,1-5H3. The van der Waals surface area contributed by atoms with Crippen LogP contribution in [0.1, 0.15) is 36.8 Å². The van der Waals surface area contributed by atoms with E-state index in [2.05, 4.69) is 0 Å². The fourth-order valence-corrected chi connectivity index (χ4v) is 4.52. The van der Waals surface area contributed by atoms with E-state index in [0.29, 0.717) is 54.6 Å². The molecule has 3 aromatic rings. The van der Waals surface area contributed by atoms with Gasteiger partial charge in [0.1, 0.15) is 11.6 Å². The normalized spacial score (nSPS) is 14.2. The zero-order valence-corrected chi connectivity index (χ0v) is 21.0. The van der Waals surface area contributed by atoms with Gasteiger partial charge in [0.15, 0.2) is 0 Å². The molecule has 1 aliphatic heterocycles. The summed E-state index contributed by atoms with van der Waals surface area (Å²) in [6.45, 7) is 9.46. The molecule has 0 bridgehead atoms. The molecule has 1 fully saturated rings. The molecule has 1 aromatic heterocycles. The molecule has 4 rings (SSSR count). The van der Waals surface area contributed by atoms with E-state index in [0.717, 1.165) is 5.56 Å². The van der Waals surface area contributed by atoms with Gasteiger partial charge in [-0.3, -0.25) is 9.59 Å². The van der Waals surface area contributed by atoms with Crippen LogP contribution < -0.4 is 4.74 Å². The molecule has 1 saturated heterocycles. The maximum absolute atomic E-state index is 14.9. The lowest BCUT2D eigenvalue weighted by molar-refractivity contribution is -0.140. The molecular formula is C28H32FN3O3. The third kappa shape index (κ3) is 4.81. The van der Waals surface area contributed by atoms with Crippen LogP contribution in [0.3, 0.4) is 0 Å². The molecule has 2 heterocycles. The Hall–Kier alpha value is -3.61. The number of hydrogen-bond donors (Lipinski definition) is 0. The predicted octanol–water partition coefficient (Wildman–Crippen LogP) is 4.93. The van der Waals surface area contributed by atoms with E-state index in [1.54, 1.807) is 34.8 Å². The van der Waals surface area contributed by atoms with Crippen molar-refractivity contribution in [2.45, 2.75) is 27.7 Å². The number of benzene rings is 2. The van der Waals surface area contributed by atoms with Crippen molar-refractivity contribution < 1.29 is 18.7 Å². The van der Waals surface area contributed by atoms with Crippen LogP contribution in [0.2, 0.25) is 0 Å². The van der Waals surface area contributed by atoms with Crippen LogP contribution in [0, 0.1) is 18.2 Å². The van der Waals surface area contributed by atoms with E-state index in [-0.39, 0.29) is 17.6 Å². The van der Waals surface area contributed by atoms with Gasteiger partial charge in [0, 0.05) is 42.9 Å². The minimum atomic E-state index is -0.453. The van der Waals surface area contributed by atoms with Crippen molar-refractivity contribution in [3.8, 4) is 22.7 Å². The van der Waals surface area contributed by atoms with Gasteiger partial charge in [-0.05, 0) is 37.3 Å². The van der Waals surface area contributed by atoms with Crippen LogP contribution in [0.25, 0.3) is 16.9 Å². The van der Waals surface area contributed by atoms with Crippen molar-refractivity contribution in [1.29, 1.82) is 0 Å². The highest BCUT2D eigenvalue weighted by atomic mass is 19.1. The molecule has 2 amide bonds. The average Bonchev–Trinajstić information content (AvgIpc) is 3.19. The Morgan fingerprint density at radius 2 is 1.57 bits per heavy atom. The zero-order valence-electron chi connectivity index (χ0n) is 21.0. The van der Waals surface area contributed by atoms with Gasteiger partial charge in [0.2, 0.25) is 5.91 Å². The molecule has 0 aliphatic carbocycles. The molecular weight excluding hydrogens is 445 g/mol. The molecule has 0 N–H and O–H groups in total. The van der Waals surface area contributed by atoms with Crippen molar-refractivity contribution in [2.24, 2.45) is 5.41 Å². The van der Waals surface area contributed by atoms with Crippen molar-refractivity contribution in [3.05, 3.63) is 71.7 Å². The summed E-state index contributed by atoms with van der Waals surface area (Å²) in [6.07, 6.45) is 0. The summed E-state index contributed by atoms with van der Waals surface area (Å²) in [5.41, 5.74) is 2.62. The number of ether oxygens (including phenoxy) is 1. The van der Waals surface area contributed by atoms with Crippen LogP contribution in [0.5, 0.6) is 5.75 Å². The van der Waals surface area contributed by atoms with Gasteiger partial charge in [-0.1, -0.05) is 45.0 Å². The average molecular weight is 478 g/mol. The van der Waals surface area contributed by atoms with Gasteiger partial charge in [-0.2, -0.15) is 0 Å². The molecule has 0 saturated carbocycles. The summed E-state index contributed by atoms with van der Waals surface area (Å²) in [4.78, 5) is 29.9. The first kappa shape index (κ1) is 24.5. The second kappa shape index (κ2) is 9.56. The van der Waals surface area contributed by atoms with Crippen LogP contribution in [-0.2, 0) is 4.79 Å². The van der Waals surface area contributed by atoms with Crippen LogP contribution >= 0.6 is 0 Å². The first-order valence-electron chi connectivity index (χ1n) is 11.8. The largest absolute Gasteiger partial charge is 0.497 e. The number of methoxy groups -OCH3 is 1. The van der Waals surface area contributed by atoms with E-state index in [1.165, 1.54) is 6.07 Å². The SMILES string of the molecule is COc1cccc(-c2cc(C(=O)N3CCN(C(=O)C(C)(C)C)CC3)c(C)n2-c2ccccc2F)c1. The quantitative estimate of drug-likeness (QED) is 0.535. The summed E-state index contributed by atoms with van der Waals surface area (Å²) in [7, 11) is 1.60. The van der Waals surface area contributed by atoms with Gasteiger partial charge in [0.25, 0.3) is 5.91 Å². The summed E-state index contributed by atoms with van der Waals surface area (Å²) < 4.78 is 22.1. The third-order valence-electron chi connectivity index (χ3n) is 6.43. The number of amides is 2. The Balaban J connectivity index is 1.71. The monoisotopic (exact) mass is 477 g/mol. The highest BCUT2D eigenvalue weighted by molar-refractivity contribution is 5.97. The van der Waals surface area contributed by atoms with E-state index >= 15 is 0 Å². The Morgan fingerprint density at radius 1 is 0.914 bits per heavy atom. The molecule has 184 valence electrons. The molecule has 0 atom stereocenters. The molecule has 0 radical (unpaired) electrons. The fourth-order valence-electron chi connectivity index (χ4n) is 4.52. The number of carbonyl (C=O) groups excluding carboxylic acids is 2. The fraction of sp³-hybridized carbons (Fsp3) is 0.357. The molecule has 7 heteroatoms. The lowest BCUT2D eigenvalue weighted by Gasteiger charge is -2.37. The molecule has 35 heavy (non-hydrogen) atoms. The Bertz CT molecular complexity index is 1250. The van der Waals surface area contributed by atoms with Crippen LogP contribution in [-0.4, -0.2) is 59.5 Å². The van der Waals surface area contributed by atoms with Gasteiger partial charge in [-0.25, -0.2) is 4.39 Å². The summed E-state index contributed by atoms with van der Waals surface area (Å²) >= 11 is 0. The second-order valence-electron chi connectivity index (χ2n) is 9.88. The summed E-state index contributed by atoms with van der Waals surface area (Å²) in [5.74, 6) is 0.272. The topological polar surface area (TPSA) is 54.8 Å². The Labute approximate surface area is 205 Å². The molecule has 1 aliphatic rings. The number of para-hydroxylation sites is 1. The minimum Gasteiger partial charge on any atom is -0.497 e. The number of halogens is 1. The van der Waals surface area contributed by atoms with Crippen molar-refractivity contribution in [3.63, 3.8) is 0 Å². The summed E-state index contributed by atoms with van der Waals surface area (Å²) in [5, 5.41) is 0. The molecule has 0 unspecified atom stereocenters. The van der Waals surface area contributed by atoms with Crippen molar-refractivity contribution in [1.82, 2.24) is 14.4 Å². The number of rotatable bonds is 4. The number of carbonyl (C=O) groups is 2. The lowest BCUT2D eigenvalue weighted by atomic mass is 9.94. The first-order valence-corrected chi connectivity index (χ1v) is 11.8. The van der Waals surface area contributed by atoms with Gasteiger partial charge >= 0.3 is 0 Å². The first-order chi connectivity index (χ1) is 16.6. The van der Waals surface area contributed by atoms with Crippen molar-refractivity contribution >= 4 is 11.8 Å². The second-order valence-corrected chi connectivity index (χ2v) is 9.88. The lowest BCUT2D eigenvalue weighted by Crippen LogP contribution is -2.53. The van der Waals surface area contributed by atoms with Crippen molar-refractivity contribution in [2.75, 3.05) is 33.3 Å². The zero-order chi connectivity index (χ0) is 25.3. The number of aromatic nitrogens is 1. The molecule has 0 spiro atoms. The predicted molar refractivity (Wildman–Crippen MR) is 134 cm³/mol. The van der Waals surface area contributed by atoms with Crippen LogP contribution in [0.15, 0.2) is 54.6 Å². The highest BCUT2D eigenvalue weighted by Gasteiger charge is 2.32. The molecule has 6 nitrogen and oxygen atoms in total. The Morgan fingerprint density at radius 3 is 2.20 bits per heavy atom. The van der Waals surface area contributed by atoms with Gasteiger partial charge < -0.3 is 19.1 Å². The maximum atomic E-state index is 14.9. The molecule has 2 aromatic carbocycles. The van der Waals surface area contributed by atoms with E-state index in [4.69, 9.17) is 4.74 Å². The minimum absolute atomic E-state index is 0.0896. The smallest absolute Gasteiger partial charge is 0.255 e. The summed E-state index contributed by atoms with van der Waals surface area (Å²) in [6, 6.07) is 15.9. The van der Waals surface area contributed by atoms with Crippen LogP contribution in [0.4, 0.5) is 4.39 Å². The van der Waals surface area contributed by atoms with E-state index in [9.17, 15) is 14.0 Å². The van der Waals surface area contributed by atoms with Gasteiger partial charge in [0.05, 0.1) is 24.1 Å². The van der Waals surface area contributed by atoms with E-state index in [1.807, 2.05) is 62.9 Å². The number of piperazine rings is 1. The van der Waals surface area contributed by atoms with E-state index < -0.39 is 5.41 Å². The van der Waals surface area contributed by atoms with Gasteiger partial charge in [-0.15, -0.1) is 0 Å². The maximum Gasteiger partial charge on any atom is 0.255 e. The number of nitrogens with zero attached hydrogens (tertiary/aromatic N) is 3.